The summed E-state index contributed by atoms with van der Waals surface area (Å²) < 4.78 is 0.880. The van der Waals surface area contributed by atoms with Crippen LogP contribution in [0, 0.1) is 12.8 Å². The van der Waals surface area contributed by atoms with Crippen LogP contribution in [-0.2, 0) is 4.79 Å². The first-order chi connectivity index (χ1) is 9.35. The summed E-state index contributed by atoms with van der Waals surface area (Å²) in [5, 5.41) is 5.38. The summed E-state index contributed by atoms with van der Waals surface area (Å²) in [6.45, 7) is 5.99. The second kappa shape index (κ2) is 7.43. The number of aryl methyl sites for hydroxylation is 1. The average molecular weight is 341 g/mol. The molecule has 1 rings (SSSR count). The van der Waals surface area contributed by atoms with E-state index in [1.807, 2.05) is 26.8 Å². The molecule has 110 valence electrons. The summed E-state index contributed by atoms with van der Waals surface area (Å²) in [7, 11) is 1.57. The lowest BCUT2D eigenvalue weighted by molar-refractivity contribution is -0.122. The predicted octanol–water partition coefficient (Wildman–Crippen LogP) is 2.65. The molecule has 1 unspecified atom stereocenters. The van der Waals surface area contributed by atoms with Crippen LogP contribution in [0.2, 0.25) is 0 Å². The fraction of sp³-hybridized carbons (Fsp3) is 0.467. The van der Waals surface area contributed by atoms with Gasteiger partial charge in [-0.25, -0.2) is 0 Å². The van der Waals surface area contributed by atoms with E-state index in [2.05, 4.69) is 26.6 Å². The standard InChI is InChI=1S/C15H21BrN2O2/c1-9(2)7-13(15(20)17-4)18-14(19)11-6-5-10(3)12(16)8-11/h5-6,8-9,13H,7H2,1-4H3,(H,17,20)(H,18,19). The van der Waals surface area contributed by atoms with Crippen LogP contribution in [0.1, 0.15) is 36.2 Å². The van der Waals surface area contributed by atoms with E-state index in [1.54, 1.807) is 19.2 Å². The molecule has 0 aromatic heterocycles. The number of hydrogen-bond acceptors (Lipinski definition) is 2. The molecule has 0 aliphatic carbocycles. The van der Waals surface area contributed by atoms with E-state index in [0.717, 1.165) is 10.0 Å². The Bertz CT molecular complexity index is 501. The molecule has 0 saturated carbocycles. The molecule has 20 heavy (non-hydrogen) atoms. The van der Waals surface area contributed by atoms with Crippen molar-refractivity contribution >= 4 is 27.7 Å². The first-order valence-electron chi connectivity index (χ1n) is 6.63. The minimum Gasteiger partial charge on any atom is -0.357 e. The Kier molecular flexibility index (Phi) is 6.20. The summed E-state index contributed by atoms with van der Waals surface area (Å²) in [6.07, 6.45) is 0.610. The zero-order chi connectivity index (χ0) is 15.3. The SMILES string of the molecule is CNC(=O)C(CC(C)C)NC(=O)c1ccc(C)c(Br)c1. The van der Waals surface area contributed by atoms with E-state index < -0.39 is 6.04 Å². The Morgan fingerprint density at radius 3 is 2.45 bits per heavy atom. The van der Waals surface area contributed by atoms with Crippen LogP contribution in [0.3, 0.4) is 0 Å². The minimum absolute atomic E-state index is 0.168. The van der Waals surface area contributed by atoms with E-state index in [1.165, 1.54) is 0 Å². The maximum atomic E-state index is 12.2. The van der Waals surface area contributed by atoms with Gasteiger partial charge in [0, 0.05) is 17.1 Å². The molecule has 4 nitrogen and oxygen atoms in total. The number of halogens is 1. The third kappa shape index (κ3) is 4.63. The number of likely N-dealkylation sites (N-methyl/N-ethyl adjacent to an activating group) is 1. The van der Waals surface area contributed by atoms with E-state index in [9.17, 15) is 9.59 Å². The van der Waals surface area contributed by atoms with Gasteiger partial charge >= 0.3 is 0 Å². The molecule has 0 spiro atoms. The highest BCUT2D eigenvalue weighted by atomic mass is 79.9. The van der Waals surface area contributed by atoms with Gasteiger partial charge in [0.15, 0.2) is 0 Å². The zero-order valence-corrected chi connectivity index (χ0v) is 13.9. The van der Waals surface area contributed by atoms with Gasteiger partial charge in [-0.3, -0.25) is 9.59 Å². The van der Waals surface area contributed by atoms with Crippen molar-refractivity contribution in [1.29, 1.82) is 0 Å². The van der Waals surface area contributed by atoms with E-state index in [4.69, 9.17) is 0 Å². The van der Waals surface area contributed by atoms with Gasteiger partial charge in [0.2, 0.25) is 5.91 Å². The Morgan fingerprint density at radius 1 is 1.30 bits per heavy atom. The molecule has 0 saturated heterocycles. The lowest BCUT2D eigenvalue weighted by Crippen LogP contribution is -2.46. The molecule has 0 aliphatic heterocycles. The van der Waals surface area contributed by atoms with Crippen LogP contribution < -0.4 is 10.6 Å². The molecule has 0 aliphatic rings. The molecule has 0 heterocycles. The Morgan fingerprint density at radius 2 is 1.95 bits per heavy atom. The van der Waals surface area contributed by atoms with Crippen LogP contribution in [0.5, 0.6) is 0 Å². The highest BCUT2D eigenvalue weighted by Crippen LogP contribution is 2.17. The normalized spacial score (nSPS) is 12.1. The van der Waals surface area contributed by atoms with E-state index in [-0.39, 0.29) is 11.8 Å². The first-order valence-corrected chi connectivity index (χ1v) is 7.43. The number of benzene rings is 1. The second-order valence-electron chi connectivity index (χ2n) is 5.23. The quantitative estimate of drug-likeness (QED) is 0.865. The molecule has 1 atom stereocenters. The van der Waals surface area contributed by atoms with Crippen molar-refractivity contribution in [1.82, 2.24) is 10.6 Å². The fourth-order valence-corrected chi connectivity index (χ4v) is 2.23. The molecular weight excluding hydrogens is 320 g/mol. The molecule has 2 amide bonds. The third-order valence-electron chi connectivity index (χ3n) is 3.01. The number of carbonyl (C=O) groups excluding carboxylic acids is 2. The summed E-state index contributed by atoms with van der Waals surface area (Å²) >= 11 is 3.40. The molecule has 2 N–H and O–H groups in total. The number of hydrogen-bond donors (Lipinski definition) is 2. The van der Waals surface area contributed by atoms with E-state index in [0.29, 0.717) is 17.9 Å². The molecular formula is C15H21BrN2O2. The van der Waals surface area contributed by atoms with Crippen molar-refractivity contribution < 1.29 is 9.59 Å². The first kappa shape index (κ1) is 16.7. The van der Waals surface area contributed by atoms with Gasteiger partial charge in [-0.1, -0.05) is 35.8 Å². The fourth-order valence-electron chi connectivity index (χ4n) is 1.85. The molecule has 5 heteroatoms. The van der Waals surface area contributed by atoms with Crippen LogP contribution in [-0.4, -0.2) is 24.9 Å². The summed E-state index contributed by atoms with van der Waals surface area (Å²) in [6, 6.07) is 4.88. The van der Waals surface area contributed by atoms with Gasteiger partial charge in [0.1, 0.15) is 6.04 Å². The Balaban J connectivity index is 2.84. The summed E-state index contributed by atoms with van der Waals surface area (Å²) in [5.74, 6) is -0.0828. The summed E-state index contributed by atoms with van der Waals surface area (Å²) in [4.78, 5) is 24.0. The van der Waals surface area contributed by atoms with Crippen molar-refractivity contribution in [3.63, 3.8) is 0 Å². The van der Waals surface area contributed by atoms with Gasteiger partial charge in [0.25, 0.3) is 5.91 Å². The van der Waals surface area contributed by atoms with Crippen LogP contribution in [0.4, 0.5) is 0 Å². The third-order valence-corrected chi connectivity index (χ3v) is 3.86. The lowest BCUT2D eigenvalue weighted by atomic mass is 10.0. The van der Waals surface area contributed by atoms with Crippen LogP contribution in [0.15, 0.2) is 22.7 Å². The molecule has 0 fully saturated rings. The highest BCUT2D eigenvalue weighted by Gasteiger charge is 2.21. The number of amides is 2. The predicted molar refractivity (Wildman–Crippen MR) is 83.7 cm³/mol. The van der Waals surface area contributed by atoms with Crippen LogP contribution >= 0.6 is 15.9 Å². The Hall–Kier alpha value is -1.36. The number of carbonyl (C=O) groups is 2. The minimum atomic E-state index is -0.507. The topological polar surface area (TPSA) is 58.2 Å². The smallest absolute Gasteiger partial charge is 0.251 e. The van der Waals surface area contributed by atoms with Crippen molar-refractivity contribution in [2.45, 2.75) is 33.2 Å². The molecule has 1 aromatic rings. The molecule has 1 aromatic carbocycles. The van der Waals surface area contributed by atoms with Gasteiger partial charge in [-0.15, -0.1) is 0 Å². The number of nitrogens with one attached hydrogen (secondary N) is 2. The van der Waals surface area contributed by atoms with E-state index >= 15 is 0 Å². The average Bonchev–Trinajstić information content (AvgIpc) is 2.39. The van der Waals surface area contributed by atoms with Gasteiger partial charge in [-0.2, -0.15) is 0 Å². The van der Waals surface area contributed by atoms with Crippen molar-refractivity contribution in [2.24, 2.45) is 5.92 Å². The zero-order valence-electron chi connectivity index (χ0n) is 12.3. The molecule has 0 bridgehead atoms. The van der Waals surface area contributed by atoms with Gasteiger partial charge in [0.05, 0.1) is 0 Å². The lowest BCUT2D eigenvalue weighted by Gasteiger charge is -2.19. The van der Waals surface area contributed by atoms with Crippen molar-refractivity contribution in [3.05, 3.63) is 33.8 Å². The monoisotopic (exact) mass is 340 g/mol. The maximum absolute atomic E-state index is 12.2. The second-order valence-corrected chi connectivity index (χ2v) is 6.09. The molecule has 0 radical (unpaired) electrons. The van der Waals surface area contributed by atoms with Gasteiger partial charge < -0.3 is 10.6 Å². The number of rotatable bonds is 5. The van der Waals surface area contributed by atoms with Crippen molar-refractivity contribution in [2.75, 3.05) is 7.05 Å². The Labute approximate surface area is 128 Å². The van der Waals surface area contributed by atoms with Gasteiger partial charge in [-0.05, 0) is 37.0 Å². The highest BCUT2D eigenvalue weighted by molar-refractivity contribution is 9.10. The maximum Gasteiger partial charge on any atom is 0.251 e. The summed E-state index contributed by atoms with van der Waals surface area (Å²) in [5.41, 5.74) is 1.60. The van der Waals surface area contributed by atoms with Crippen molar-refractivity contribution in [3.8, 4) is 0 Å². The largest absolute Gasteiger partial charge is 0.357 e. The van der Waals surface area contributed by atoms with Crippen LogP contribution in [0.25, 0.3) is 0 Å².